The van der Waals surface area contributed by atoms with E-state index in [2.05, 4.69) is 14.8 Å². The van der Waals surface area contributed by atoms with Gasteiger partial charge in [0.1, 0.15) is 6.67 Å². The van der Waals surface area contributed by atoms with Gasteiger partial charge in [0, 0.05) is 17.1 Å². The lowest BCUT2D eigenvalue weighted by atomic mass is 9.94. The molecule has 30 heavy (non-hydrogen) atoms. The quantitative estimate of drug-likeness (QED) is 0.562. The maximum Gasteiger partial charge on any atom is 0.261 e. The predicted octanol–water partition coefficient (Wildman–Crippen LogP) is 3.10. The maximum absolute atomic E-state index is 13.0. The van der Waals surface area contributed by atoms with Gasteiger partial charge in [0.2, 0.25) is 15.9 Å². The average Bonchev–Trinajstić information content (AvgIpc) is 2.62. The van der Waals surface area contributed by atoms with E-state index in [0.717, 1.165) is 6.26 Å². The standard InChI is InChI=1S/C19H24FN3O5S2/c1-13-10-15(8-9-17(13)21-18(24)19(2,3)12-20)23-30(27,28)16-7-5-6-14(11-16)22-29(4,25)26/h5-11,22-23H,12H2,1-4H3,(H,21,24). The van der Waals surface area contributed by atoms with Crippen molar-refractivity contribution < 1.29 is 26.0 Å². The van der Waals surface area contributed by atoms with Crippen LogP contribution in [0.1, 0.15) is 19.4 Å². The van der Waals surface area contributed by atoms with Crippen LogP contribution in [-0.2, 0) is 24.8 Å². The van der Waals surface area contributed by atoms with E-state index in [0.29, 0.717) is 11.3 Å². The van der Waals surface area contributed by atoms with Gasteiger partial charge in [-0.25, -0.2) is 21.2 Å². The minimum atomic E-state index is -3.99. The van der Waals surface area contributed by atoms with E-state index in [1.165, 1.54) is 56.3 Å². The third-order valence-corrected chi connectivity index (χ3v) is 6.11. The number of benzene rings is 2. The molecule has 0 radical (unpaired) electrons. The van der Waals surface area contributed by atoms with Crippen molar-refractivity contribution in [2.75, 3.05) is 27.7 Å². The minimum absolute atomic E-state index is 0.116. The monoisotopic (exact) mass is 457 g/mol. The molecule has 0 aliphatic heterocycles. The van der Waals surface area contributed by atoms with E-state index >= 15 is 0 Å². The van der Waals surface area contributed by atoms with Crippen LogP contribution in [0.15, 0.2) is 47.4 Å². The Morgan fingerprint density at radius 3 is 2.20 bits per heavy atom. The van der Waals surface area contributed by atoms with Crippen LogP contribution in [0.25, 0.3) is 0 Å². The van der Waals surface area contributed by atoms with Gasteiger partial charge in [-0.2, -0.15) is 0 Å². The van der Waals surface area contributed by atoms with Crippen molar-refractivity contribution in [2.24, 2.45) is 5.41 Å². The fourth-order valence-corrected chi connectivity index (χ4v) is 4.02. The van der Waals surface area contributed by atoms with E-state index in [1.807, 2.05) is 0 Å². The van der Waals surface area contributed by atoms with Gasteiger partial charge >= 0.3 is 0 Å². The highest BCUT2D eigenvalue weighted by atomic mass is 32.2. The molecule has 0 aliphatic rings. The Balaban J connectivity index is 2.23. The number of anilines is 3. The molecular weight excluding hydrogens is 433 g/mol. The summed E-state index contributed by atoms with van der Waals surface area (Å²) in [6.45, 7) is 3.81. The van der Waals surface area contributed by atoms with E-state index in [4.69, 9.17) is 0 Å². The van der Waals surface area contributed by atoms with E-state index < -0.39 is 38.0 Å². The van der Waals surface area contributed by atoms with Crippen LogP contribution >= 0.6 is 0 Å². The summed E-state index contributed by atoms with van der Waals surface area (Å²) in [6.07, 6.45) is 0.963. The molecule has 0 aromatic heterocycles. The first-order valence-electron chi connectivity index (χ1n) is 8.82. The van der Waals surface area contributed by atoms with Gasteiger partial charge < -0.3 is 5.32 Å². The molecule has 0 saturated heterocycles. The summed E-state index contributed by atoms with van der Waals surface area (Å²) in [7, 11) is -7.55. The van der Waals surface area contributed by atoms with Gasteiger partial charge in [-0.05, 0) is 62.7 Å². The van der Waals surface area contributed by atoms with Crippen molar-refractivity contribution in [3.05, 3.63) is 48.0 Å². The number of nitrogens with one attached hydrogen (secondary N) is 3. The van der Waals surface area contributed by atoms with Crippen molar-refractivity contribution in [1.82, 2.24) is 0 Å². The number of amides is 1. The molecule has 0 atom stereocenters. The molecule has 0 heterocycles. The number of sulfonamides is 2. The molecular formula is C19H24FN3O5S2. The first-order chi connectivity index (χ1) is 13.7. The topological polar surface area (TPSA) is 121 Å². The minimum Gasteiger partial charge on any atom is -0.325 e. The lowest BCUT2D eigenvalue weighted by Gasteiger charge is -2.20. The van der Waals surface area contributed by atoms with Gasteiger partial charge in [-0.1, -0.05) is 6.07 Å². The molecule has 0 aliphatic carbocycles. The summed E-state index contributed by atoms with van der Waals surface area (Å²) >= 11 is 0. The molecule has 11 heteroatoms. The number of halogens is 1. The summed E-state index contributed by atoms with van der Waals surface area (Å²) in [5.74, 6) is -0.489. The van der Waals surface area contributed by atoms with Crippen LogP contribution in [-0.4, -0.2) is 35.7 Å². The number of carbonyl (C=O) groups excluding carboxylic acids is 1. The summed E-state index contributed by atoms with van der Waals surface area (Å²) in [6, 6.07) is 9.87. The highest BCUT2D eigenvalue weighted by Gasteiger charge is 2.28. The van der Waals surface area contributed by atoms with Crippen molar-refractivity contribution in [2.45, 2.75) is 25.7 Å². The number of carbonyl (C=O) groups is 1. The van der Waals surface area contributed by atoms with E-state index in [-0.39, 0.29) is 16.3 Å². The highest BCUT2D eigenvalue weighted by Crippen LogP contribution is 2.25. The van der Waals surface area contributed by atoms with Crippen molar-refractivity contribution in [3.63, 3.8) is 0 Å². The molecule has 8 nitrogen and oxygen atoms in total. The molecule has 0 bridgehead atoms. The number of hydrogen-bond acceptors (Lipinski definition) is 5. The highest BCUT2D eigenvalue weighted by molar-refractivity contribution is 7.93. The molecule has 0 saturated carbocycles. The Morgan fingerprint density at radius 2 is 1.63 bits per heavy atom. The summed E-state index contributed by atoms with van der Waals surface area (Å²) in [4.78, 5) is 12.0. The lowest BCUT2D eigenvalue weighted by Crippen LogP contribution is -2.32. The largest absolute Gasteiger partial charge is 0.325 e. The zero-order valence-electron chi connectivity index (χ0n) is 17.0. The first-order valence-corrected chi connectivity index (χ1v) is 12.2. The van der Waals surface area contributed by atoms with Gasteiger partial charge in [-0.15, -0.1) is 0 Å². The van der Waals surface area contributed by atoms with Crippen LogP contribution in [0, 0.1) is 12.3 Å². The van der Waals surface area contributed by atoms with Crippen LogP contribution in [0.3, 0.4) is 0 Å². The van der Waals surface area contributed by atoms with Crippen molar-refractivity contribution in [3.8, 4) is 0 Å². The summed E-state index contributed by atoms with van der Waals surface area (Å²) in [5.41, 5.74) is 0.189. The second-order valence-electron chi connectivity index (χ2n) is 7.51. The number of alkyl halides is 1. The number of aryl methyl sites for hydroxylation is 1. The maximum atomic E-state index is 13.0. The van der Waals surface area contributed by atoms with Crippen molar-refractivity contribution >= 4 is 43.0 Å². The molecule has 164 valence electrons. The second-order valence-corrected chi connectivity index (χ2v) is 10.9. The molecule has 1 amide bonds. The second kappa shape index (κ2) is 8.60. The predicted molar refractivity (Wildman–Crippen MR) is 115 cm³/mol. The molecule has 3 N–H and O–H groups in total. The molecule has 0 spiro atoms. The Hall–Kier alpha value is -2.66. The Bertz CT molecular complexity index is 1160. The number of hydrogen-bond donors (Lipinski definition) is 3. The molecule has 2 aromatic rings. The van der Waals surface area contributed by atoms with Crippen LogP contribution in [0.2, 0.25) is 0 Å². The third kappa shape index (κ3) is 6.17. The zero-order chi connectivity index (χ0) is 22.7. The third-order valence-electron chi connectivity index (χ3n) is 4.12. The summed E-state index contributed by atoms with van der Waals surface area (Å²) in [5, 5.41) is 2.63. The number of rotatable bonds is 8. The smallest absolute Gasteiger partial charge is 0.261 e. The van der Waals surface area contributed by atoms with Crippen molar-refractivity contribution in [1.29, 1.82) is 0 Å². The molecule has 2 aromatic carbocycles. The van der Waals surface area contributed by atoms with Gasteiger partial charge in [0.05, 0.1) is 16.6 Å². The summed E-state index contributed by atoms with van der Waals surface area (Å²) < 4.78 is 65.6. The van der Waals surface area contributed by atoms with Gasteiger partial charge in [0.15, 0.2) is 0 Å². The fourth-order valence-electron chi connectivity index (χ4n) is 2.37. The lowest BCUT2D eigenvalue weighted by molar-refractivity contribution is -0.124. The molecule has 0 fully saturated rings. The van der Waals surface area contributed by atoms with Gasteiger partial charge in [0.25, 0.3) is 10.0 Å². The Labute approximate surface area is 176 Å². The normalized spacial score (nSPS) is 12.3. The molecule has 0 unspecified atom stereocenters. The van der Waals surface area contributed by atoms with Crippen LogP contribution < -0.4 is 14.8 Å². The van der Waals surface area contributed by atoms with Crippen LogP contribution in [0.4, 0.5) is 21.5 Å². The Kier molecular flexibility index (Phi) is 6.77. The fraction of sp³-hybridized carbons (Fsp3) is 0.316. The van der Waals surface area contributed by atoms with Crippen LogP contribution in [0.5, 0.6) is 0 Å². The first kappa shape index (κ1) is 23.6. The molecule has 2 rings (SSSR count). The van der Waals surface area contributed by atoms with Gasteiger partial charge in [-0.3, -0.25) is 14.2 Å². The van der Waals surface area contributed by atoms with E-state index in [9.17, 15) is 26.0 Å². The Morgan fingerprint density at radius 1 is 1.00 bits per heavy atom. The SMILES string of the molecule is Cc1cc(NS(=O)(=O)c2cccc(NS(C)(=O)=O)c2)ccc1NC(=O)C(C)(C)CF. The van der Waals surface area contributed by atoms with E-state index in [1.54, 1.807) is 6.92 Å². The zero-order valence-corrected chi connectivity index (χ0v) is 18.6. The average molecular weight is 458 g/mol.